The highest BCUT2D eigenvalue weighted by atomic mass is 32.2. The fourth-order valence-electron chi connectivity index (χ4n) is 2.98. The first-order valence-electron chi connectivity index (χ1n) is 7.74. The Kier molecular flexibility index (Phi) is 3.69. The third kappa shape index (κ3) is 2.63. The van der Waals surface area contributed by atoms with Crippen molar-refractivity contribution in [2.45, 2.75) is 25.4 Å². The van der Waals surface area contributed by atoms with E-state index >= 15 is 0 Å². The van der Waals surface area contributed by atoms with Gasteiger partial charge in [-0.1, -0.05) is 6.07 Å². The molecule has 1 aliphatic rings. The van der Waals surface area contributed by atoms with E-state index in [9.17, 15) is 4.79 Å². The zero-order valence-corrected chi connectivity index (χ0v) is 14.3. The number of amides is 1. The van der Waals surface area contributed by atoms with E-state index in [1.165, 1.54) is 17.4 Å². The van der Waals surface area contributed by atoms with Gasteiger partial charge in [0.1, 0.15) is 5.82 Å². The van der Waals surface area contributed by atoms with Crippen molar-refractivity contribution < 1.29 is 9.21 Å². The molecule has 0 fully saturated rings. The quantitative estimate of drug-likeness (QED) is 0.781. The lowest BCUT2D eigenvalue weighted by Crippen LogP contribution is -2.15. The molecule has 4 rings (SSSR count). The van der Waals surface area contributed by atoms with Crippen LogP contribution in [0.5, 0.6) is 0 Å². The minimum atomic E-state index is -0.259. The Labute approximate surface area is 144 Å². The van der Waals surface area contributed by atoms with Crippen LogP contribution in [0.25, 0.3) is 5.69 Å². The molecule has 1 aliphatic heterocycles. The van der Waals surface area contributed by atoms with Gasteiger partial charge in [0, 0.05) is 17.1 Å². The summed E-state index contributed by atoms with van der Waals surface area (Å²) in [4.78, 5) is 12.4. The second kappa shape index (κ2) is 5.87. The van der Waals surface area contributed by atoms with Crippen LogP contribution < -0.4 is 5.32 Å². The largest absolute Gasteiger partial charge is 0.459 e. The summed E-state index contributed by atoms with van der Waals surface area (Å²) in [5.74, 6) is 2.50. The van der Waals surface area contributed by atoms with Crippen LogP contribution in [-0.2, 0) is 11.5 Å². The van der Waals surface area contributed by atoms with Crippen molar-refractivity contribution >= 4 is 23.5 Å². The van der Waals surface area contributed by atoms with E-state index in [1.54, 1.807) is 12.1 Å². The third-order valence-corrected chi connectivity index (χ3v) is 4.95. The zero-order chi connectivity index (χ0) is 16.7. The second-order valence-electron chi connectivity index (χ2n) is 5.96. The van der Waals surface area contributed by atoms with Crippen LogP contribution in [0.2, 0.25) is 0 Å². The molecular formula is C18H17N3O2S. The van der Waals surface area contributed by atoms with Crippen LogP contribution in [0.1, 0.15) is 32.9 Å². The number of furan rings is 1. The summed E-state index contributed by atoms with van der Waals surface area (Å²) < 4.78 is 7.04. The molecule has 3 aromatic rings. The number of benzene rings is 1. The fraction of sp³-hybridized carbons (Fsp3) is 0.222. The molecule has 0 unspecified atom stereocenters. The predicted molar refractivity (Wildman–Crippen MR) is 94.7 cm³/mol. The molecular weight excluding hydrogens is 322 g/mol. The highest BCUT2D eigenvalue weighted by molar-refractivity contribution is 7.98. The molecule has 1 N–H and O–H groups in total. The molecule has 0 saturated carbocycles. The molecule has 0 atom stereocenters. The van der Waals surface area contributed by atoms with Gasteiger partial charge in [-0.3, -0.25) is 4.79 Å². The smallest absolute Gasteiger partial charge is 0.292 e. The number of hydrogen-bond acceptors (Lipinski definition) is 4. The molecule has 122 valence electrons. The number of anilines is 1. The van der Waals surface area contributed by atoms with Crippen LogP contribution in [0.15, 0.2) is 41.0 Å². The van der Waals surface area contributed by atoms with Gasteiger partial charge in [0.25, 0.3) is 5.91 Å². The first-order valence-corrected chi connectivity index (χ1v) is 8.89. The number of nitrogens with one attached hydrogen (secondary N) is 1. The Morgan fingerprint density at radius 3 is 2.75 bits per heavy atom. The third-order valence-electron chi connectivity index (χ3n) is 3.98. The molecule has 1 aromatic carbocycles. The number of carbonyl (C=O) groups excluding carboxylic acids is 1. The molecule has 3 heterocycles. The fourth-order valence-corrected chi connectivity index (χ4v) is 4.01. The molecule has 1 amide bonds. The van der Waals surface area contributed by atoms with Crippen LogP contribution >= 0.6 is 11.8 Å². The number of nitrogens with zero attached hydrogens (tertiary/aromatic N) is 2. The minimum absolute atomic E-state index is 0.259. The number of rotatable bonds is 3. The molecule has 0 bridgehead atoms. The molecule has 6 heteroatoms. The summed E-state index contributed by atoms with van der Waals surface area (Å²) in [6, 6.07) is 9.63. The molecule has 0 radical (unpaired) electrons. The van der Waals surface area contributed by atoms with E-state index < -0.39 is 0 Å². The summed E-state index contributed by atoms with van der Waals surface area (Å²) in [6.45, 7) is 4.12. The normalized spacial score (nSPS) is 13.1. The first-order chi connectivity index (χ1) is 11.6. The van der Waals surface area contributed by atoms with E-state index in [-0.39, 0.29) is 5.91 Å². The summed E-state index contributed by atoms with van der Waals surface area (Å²) in [7, 11) is 0. The van der Waals surface area contributed by atoms with Crippen molar-refractivity contribution in [1.29, 1.82) is 0 Å². The van der Waals surface area contributed by atoms with Crippen molar-refractivity contribution in [3.8, 4) is 5.69 Å². The van der Waals surface area contributed by atoms with Gasteiger partial charge in [0.15, 0.2) is 5.76 Å². The number of hydrogen-bond donors (Lipinski definition) is 1. The van der Waals surface area contributed by atoms with Gasteiger partial charge in [-0.2, -0.15) is 16.9 Å². The van der Waals surface area contributed by atoms with E-state index in [2.05, 4.69) is 37.4 Å². The average Bonchev–Trinajstić information content (AvgIpc) is 3.24. The Morgan fingerprint density at radius 1 is 1.25 bits per heavy atom. The van der Waals surface area contributed by atoms with Gasteiger partial charge in [-0.25, -0.2) is 4.68 Å². The van der Waals surface area contributed by atoms with E-state index in [1.807, 2.05) is 16.4 Å². The van der Waals surface area contributed by atoms with Gasteiger partial charge in [-0.05, 0) is 49.2 Å². The van der Waals surface area contributed by atoms with Crippen molar-refractivity contribution in [1.82, 2.24) is 9.78 Å². The van der Waals surface area contributed by atoms with Crippen LogP contribution in [0, 0.1) is 13.8 Å². The lowest BCUT2D eigenvalue weighted by atomic mass is 10.1. The molecule has 5 nitrogen and oxygen atoms in total. The SMILES string of the molecule is Cc1cc(C)cc(-n2nc3c(c2NC(=O)c2ccco2)CSC3)c1. The monoisotopic (exact) mass is 339 g/mol. The van der Waals surface area contributed by atoms with Crippen molar-refractivity contribution in [3.05, 3.63) is 64.7 Å². The zero-order valence-electron chi connectivity index (χ0n) is 13.5. The predicted octanol–water partition coefficient (Wildman–Crippen LogP) is 4.08. The lowest BCUT2D eigenvalue weighted by Gasteiger charge is -2.11. The Morgan fingerprint density at radius 2 is 2.04 bits per heavy atom. The first kappa shape index (κ1) is 15.1. The van der Waals surface area contributed by atoms with E-state index in [4.69, 9.17) is 9.52 Å². The Bertz CT molecular complexity index is 892. The van der Waals surface area contributed by atoms with Crippen molar-refractivity contribution in [3.63, 3.8) is 0 Å². The summed E-state index contributed by atoms with van der Waals surface area (Å²) in [5, 5.41) is 7.71. The van der Waals surface area contributed by atoms with Crippen molar-refractivity contribution in [2.24, 2.45) is 0 Å². The molecule has 0 aliphatic carbocycles. The highest BCUT2D eigenvalue weighted by Gasteiger charge is 2.25. The summed E-state index contributed by atoms with van der Waals surface area (Å²) >= 11 is 1.81. The van der Waals surface area contributed by atoms with Gasteiger partial charge < -0.3 is 9.73 Å². The minimum Gasteiger partial charge on any atom is -0.459 e. The Hall–Kier alpha value is -2.47. The Balaban J connectivity index is 1.79. The van der Waals surface area contributed by atoms with E-state index in [0.29, 0.717) is 5.76 Å². The van der Waals surface area contributed by atoms with E-state index in [0.717, 1.165) is 34.3 Å². The number of thioether (sulfide) groups is 1. The number of aryl methyl sites for hydroxylation is 2. The standard InChI is InChI=1S/C18H17N3O2S/c1-11-6-12(2)8-13(7-11)21-17(14-9-24-10-15(14)20-21)19-18(22)16-4-3-5-23-16/h3-8H,9-10H2,1-2H3,(H,19,22). The van der Waals surface area contributed by atoms with Gasteiger partial charge in [0.2, 0.25) is 0 Å². The maximum absolute atomic E-state index is 12.4. The average molecular weight is 339 g/mol. The lowest BCUT2D eigenvalue weighted by molar-refractivity contribution is 0.0996. The van der Waals surface area contributed by atoms with Gasteiger partial charge in [-0.15, -0.1) is 0 Å². The summed E-state index contributed by atoms with van der Waals surface area (Å²) in [6.07, 6.45) is 1.50. The maximum atomic E-state index is 12.4. The van der Waals surface area contributed by atoms with Crippen molar-refractivity contribution in [2.75, 3.05) is 5.32 Å². The topological polar surface area (TPSA) is 60.1 Å². The summed E-state index contributed by atoms with van der Waals surface area (Å²) in [5.41, 5.74) is 5.42. The van der Waals surface area contributed by atoms with Gasteiger partial charge >= 0.3 is 0 Å². The van der Waals surface area contributed by atoms with Crippen LogP contribution in [0.3, 0.4) is 0 Å². The molecule has 24 heavy (non-hydrogen) atoms. The molecule has 2 aromatic heterocycles. The molecule has 0 saturated heterocycles. The second-order valence-corrected chi connectivity index (χ2v) is 6.94. The number of fused-ring (bicyclic) bond motifs is 1. The molecule has 0 spiro atoms. The number of aromatic nitrogens is 2. The van der Waals surface area contributed by atoms with Crippen LogP contribution in [0.4, 0.5) is 5.82 Å². The van der Waals surface area contributed by atoms with Gasteiger partial charge in [0.05, 0.1) is 17.6 Å². The maximum Gasteiger partial charge on any atom is 0.292 e. The highest BCUT2D eigenvalue weighted by Crippen LogP contribution is 2.36. The number of carbonyl (C=O) groups is 1. The van der Waals surface area contributed by atoms with Crippen LogP contribution in [-0.4, -0.2) is 15.7 Å².